The maximum Gasteiger partial charge on any atom is 0.255 e. The number of para-hydroxylation sites is 1. The van der Waals surface area contributed by atoms with Crippen LogP contribution in [0.5, 0.6) is 0 Å². The zero-order chi connectivity index (χ0) is 18.4. The van der Waals surface area contributed by atoms with E-state index in [2.05, 4.69) is 4.98 Å². The van der Waals surface area contributed by atoms with Crippen LogP contribution in [0.15, 0.2) is 79.1 Å². The summed E-state index contributed by atoms with van der Waals surface area (Å²) in [4.78, 5) is 21.1. The first-order chi connectivity index (χ1) is 12.7. The van der Waals surface area contributed by atoms with E-state index in [1.54, 1.807) is 12.4 Å². The second kappa shape index (κ2) is 8.30. The average molecular weight is 345 g/mol. The molecule has 0 radical (unpaired) electrons. The zero-order valence-corrected chi connectivity index (χ0v) is 15.2. The average Bonchev–Trinajstić information content (AvgIpc) is 2.72. The fraction of sp³-hybridized carbons (Fsp3) is 0.182. The van der Waals surface area contributed by atoms with Crippen molar-refractivity contribution < 1.29 is 4.79 Å². The largest absolute Gasteiger partial charge is 0.343 e. The van der Waals surface area contributed by atoms with Crippen molar-refractivity contribution >= 4 is 17.3 Å². The normalized spacial score (nSPS) is 10.4. The van der Waals surface area contributed by atoms with Crippen molar-refractivity contribution in [3.8, 4) is 0 Å². The lowest BCUT2D eigenvalue weighted by atomic mass is 10.1. The van der Waals surface area contributed by atoms with E-state index >= 15 is 0 Å². The Bertz CT molecular complexity index is 850. The van der Waals surface area contributed by atoms with Gasteiger partial charge in [-0.15, -0.1) is 0 Å². The predicted octanol–water partition coefficient (Wildman–Crippen LogP) is 4.51. The molecule has 132 valence electrons. The van der Waals surface area contributed by atoms with Gasteiger partial charge in [0.25, 0.3) is 5.91 Å². The standard InChI is InChI=1S/C22H23N3O/c1-3-25(17-18-10-6-4-7-11-18)22(26)19-14-21(16-23-15-19)24(2)20-12-8-5-9-13-20/h4-16H,3,17H2,1-2H3. The number of hydrogen-bond acceptors (Lipinski definition) is 3. The summed E-state index contributed by atoms with van der Waals surface area (Å²) in [5.41, 5.74) is 3.66. The molecule has 2 aromatic carbocycles. The summed E-state index contributed by atoms with van der Waals surface area (Å²) in [5.74, 6) is -0.00725. The number of carbonyl (C=O) groups excluding carboxylic acids is 1. The van der Waals surface area contributed by atoms with E-state index in [1.807, 2.05) is 90.5 Å². The second-order valence-electron chi connectivity index (χ2n) is 6.13. The van der Waals surface area contributed by atoms with Crippen LogP contribution in [0.3, 0.4) is 0 Å². The fourth-order valence-corrected chi connectivity index (χ4v) is 2.84. The van der Waals surface area contributed by atoms with Gasteiger partial charge in [0.1, 0.15) is 0 Å². The number of anilines is 2. The predicted molar refractivity (Wildman–Crippen MR) is 106 cm³/mol. The van der Waals surface area contributed by atoms with Crippen molar-refractivity contribution in [1.82, 2.24) is 9.88 Å². The third kappa shape index (κ3) is 4.09. The van der Waals surface area contributed by atoms with Crippen molar-refractivity contribution in [2.45, 2.75) is 13.5 Å². The molecule has 0 saturated heterocycles. The van der Waals surface area contributed by atoms with E-state index < -0.39 is 0 Å². The molecule has 0 saturated carbocycles. The highest BCUT2D eigenvalue weighted by Crippen LogP contribution is 2.23. The van der Waals surface area contributed by atoms with Gasteiger partial charge in [-0.1, -0.05) is 48.5 Å². The number of rotatable bonds is 6. The third-order valence-corrected chi connectivity index (χ3v) is 4.39. The van der Waals surface area contributed by atoms with Crippen LogP contribution >= 0.6 is 0 Å². The molecule has 0 spiro atoms. The first-order valence-corrected chi connectivity index (χ1v) is 8.76. The summed E-state index contributed by atoms with van der Waals surface area (Å²) >= 11 is 0. The Morgan fingerprint density at radius 2 is 1.58 bits per heavy atom. The molecule has 4 heteroatoms. The lowest BCUT2D eigenvalue weighted by Gasteiger charge is -2.23. The van der Waals surface area contributed by atoms with E-state index in [4.69, 9.17) is 0 Å². The summed E-state index contributed by atoms with van der Waals surface area (Å²) in [6, 6.07) is 22.0. The molecule has 0 N–H and O–H groups in total. The highest BCUT2D eigenvalue weighted by atomic mass is 16.2. The molecule has 3 aromatic rings. The van der Waals surface area contributed by atoms with Gasteiger partial charge in [0, 0.05) is 32.0 Å². The smallest absolute Gasteiger partial charge is 0.255 e. The Kier molecular flexibility index (Phi) is 5.64. The number of hydrogen-bond donors (Lipinski definition) is 0. The van der Waals surface area contributed by atoms with Gasteiger partial charge in [-0.05, 0) is 30.7 Å². The molecule has 0 aliphatic heterocycles. The van der Waals surface area contributed by atoms with Crippen LogP contribution in [-0.4, -0.2) is 29.4 Å². The van der Waals surface area contributed by atoms with Gasteiger partial charge in [0.2, 0.25) is 0 Å². The molecule has 0 fully saturated rings. The monoisotopic (exact) mass is 345 g/mol. The molecule has 3 rings (SSSR count). The van der Waals surface area contributed by atoms with Gasteiger partial charge < -0.3 is 9.80 Å². The van der Waals surface area contributed by atoms with Gasteiger partial charge in [0.15, 0.2) is 0 Å². The molecule has 0 aliphatic carbocycles. The first-order valence-electron chi connectivity index (χ1n) is 8.76. The van der Waals surface area contributed by atoms with Crippen molar-refractivity contribution in [1.29, 1.82) is 0 Å². The minimum Gasteiger partial charge on any atom is -0.343 e. The van der Waals surface area contributed by atoms with E-state index in [1.165, 1.54) is 0 Å². The Morgan fingerprint density at radius 3 is 2.23 bits per heavy atom. The Balaban J connectivity index is 1.81. The molecule has 1 amide bonds. The number of pyridine rings is 1. The van der Waals surface area contributed by atoms with E-state index in [-0.39, 0.29) is 5.91 Å². The van der Waals surface area contributed by atoms with Crippen LogP contribution in [0.4, 0.5) is 11.4 Å². The molecular weight excluding hydrogens is 322 g/mol. The molecular formula is C22H23N3O. The van der Waals surface area contributed by atoms with Crippen molar-refractivity contribution in [3.63, 3.8) is 0 Å². The Morgan fingerprint density at radius 1 is 0.923 bits per heavy atom. The lowest BCUT2D eigenvalue weighted by molar-refractivity contribution is 0.0752. The SMILES string of the molecule is CCN(Cc1ccccc1)C(=O)c1cncc(N(C)c2ccccc2)c1. The minimum absolute atomic E-state index is 0.00725. The molecule has 1 aromatic heterocycles. The summed E-state index contributed by atoms with van der Waals surface area (Å²) in [6.07, 6.45) is 3.41. The van der Waals surface area contributed by atoms with Gasteiger partial charge in [-0.25, -0.2) is 0 Å². The quantitative estimate of drug-likeness (QED) is 0.659. The number of carbonyl (C=O) groups is 1. The third-order valence-electron chi connectivity index (χ3n) is 4.39. The number of amides is 1. The number of benzene rings is 2. The summed E-state index contributed by atoms with van der Waals surface area (Å²) in [6.45, 7) is 3.23. The van der Waals surface area contributed by atoms with E-state index in [9.17, 15) is 4.79 Å². The highest BCUT2D eigenvalue weighted by Gasteiger charge is 2.16. The summed E-state index contributed by atoms with van der Waals surface area (Å²) < 4.78 is 0. The van der Waals surface area contributed by atoms with Crippen LogP contribution in [-0.2, 0) is 6.54 Å². The van der Waals surface area contributed by atoms with Crippen LogP contribution in [0.1, 0.15) is 22.8 Å². The fourth-order valence-electron chi connectivity index (χ4n) is 2.84. The van der Waals surface area contributed by atoms with Gasteiger partial charge in [-0.2, -0.15) is 0 Å². The lowest BCUT2D eigenvalue weighted by Crippen LogP contribution is -2.30. The number of nitrogens with zero attached hydrogens (tertiary/aromatic N) is 3. The minimum atomic E-state index is -0.00725. The highest BCUT2D eigenvalue weighted by molar-refractivity contribution is 5.95. The molecule has 0 bridgehead atoms. The maximum absolute atomic E-state index is 13.0. The van der Waals surface area contributed by atoms with Gasteiger partial charge in [-0.3, -0.25) is 9.78 Å². The maximum atomic E-state index is 13.0. The summed E-state index contributed by atoms with van der Waals surface area (Å²) in [7, 11) is 1.97. The van der Waals surface area contributed by atoms with Crippen molar-refractivity contribution in [3.05, 3.63) is 90.3 Å². The van der Waals surface area contributed by atoms with Crippen molar-refractivity contribution in [2.75, 3.05) is 18.5 Å². The van der Waals surface area contributed by atoms with Crippen LogP contribution in [0, 0.1) is 0 Å². The van der Waals surface area contributed by atoms with Gasteiger partial charge in [0.05, 0.1) is 17.4 Å². The second-order valence-corrected chi connectivity index (χ2v) is 6.13. The first kappa shape index (κ1) is 17.7. The van der Waals surface area contributed by atoms with Crippen LogP contribution < -0.4 is 4.90 Å². The topological polar surface area (TPSA) is 36.4 Å². The van der Waals surface area contributed by atoms with Crippen LogP contribution in [0.25, 0.3) is 0 Å². The van der Waals surface area contributed by atoms with E-state index in [0.717, 1.165) is 16.9 Å². The van der Waals surface area contributed by atoms with Crippen LogP contribution in [0.2, 0.25) is 0 Å². The van der Waals surface area contributed by atoms with Crippen molar-refractivity contribution in [2.24, 2.45) is 0 Å². The Labute approximate surface area is 154 Å². The molecule has 0 unspecified atom stereocenters. The summed E-state index contributed by atoms with van der Waals surface area (Å²) in [5, 5.41) is 0. The molecule has 1 heterocycles. The van der Waals surface area contributed by atoms with E-state index in [0.29, 0.717) is 18.7 Å². The molecule has 0 aliphatic rings. The molecule has 4 nitrogen and oxygen atoms in total. The zero-order valence-electron chi connectivity index (χ0n) is 15.2. The number of aromatic nitrogens is 1. The molecule has 26 heavy (non-hydrogen) atoms. The van der Waals surface area contributed by atoms with Gasteiger partial charge >= 0.3 is 0 Å². The molecule has 0 atom stereocenters. The Hall–Kier alpha value is -3.14.